The van der Waals surface area contributed by atoms with Crippen molar-refractivity contribution >= 4 is 13.7 Å². The van der Waals surface area contributed by atoms with Crippen LogP contribution in [-0.2, 0) is 18.4 Å². The lowest BCUT2D eigenvalue weighted by Gasteiger charge is -2.41. The van der Waals surface area contributed by atoms with E-state index in [0.29, 0.717) is 19.3 Å². The summed E-state index contributed by atoms with van der Waals surface area (Å²) in [7, 11) is -5.15. The van der Waals surface area contributed by atoms with Crippen molar-refractivity contribution in [3.05, 3.63) is 48.6 Å². The Morgan fingerprint density at radius 1 is 0.574 bits per heavy atom. The maximum Gasteiger partial charge on any atom is 0.472 e. The first-order valence-electron chi connectivity index (χ1n) is 23.7. The second-order valence-electron chi connectivity index (χ2n) is 16.8. The molecule has 1 rings (SSSR count). The van der Waals surface area contributed by atoms with Crippen LogP contribution < -0.4 is 5.32 Å². The Labute approximate surface area is 368 Å². The number of aliphatic hydroxyl groups is 7. The molecule has 1 saturated carbocycles. The van der Waals surface area contributed by atoms with Gasteiger partial charge in [-0.15, -0.1) is 0 Å². The Morgan fingerprint density at radius 3 is 1.48 bits per heavy atom. The van der Waals surface area contributed by atoms with Crippen molar-refractivity contribution in [3.63, 3.8) is 0 Å². The number of hydrogen-bond donors (Lipinski definition) is 9. The van der Waals surface area contributed by atoms with Crippen LogP contribution in [0.2, 0.25) is 0 Å². The van der Waals surface area contributed by atoms with E-state index in [4.69, 9.17) is 9.05 Å². The van der Waals surface area contributed by atoms with Crippen LogP contribution in [0.4, 0.5) is 0 Å². The number of carbonyl (C=O) groups excluding carboxylic acids is 1. The predicted octanol–water partition coefficient (Wildman–Crippen LogP) is 7.92. The molecule has 0 saturated heterocycles. The van der Waals surface area contributed by atoms with Gasteiger partial charge in [-0.2, -0.15) is 0 Å². The van der Waals surface area contributed by atoms with Crippen LogP contribution in [0.5, 0.6) is 0 Å². The molecule has 0 aromatic rings. The summed E-state index contributed by atoms with van der Waals surface area (Å²) in [5, 5.41) is 74.4. The molecule has 1 aliphatic carbocycles. The summed E-state index contributed by atoms with van der Waals surface area (Å²) in [5.74, 6) is -0.614. The number of unbranched alkanes of at least 4 members (excludes halogenated alkanes) is 19. The number of phosphoric ester groups is 1. The smallest absolute Gasteiger partial charge is 0.393 e. The molecule has 0 aliphatic heterocycles. The fourth-order valence-electron chi connectivity index (χ4n) is 7.21. The van der Waals surface area contributed by atoms with E-state index in [2.05, 4.69) is 49.5 Å². The molecule has 0 bridgehead atoms. The summed E-state index contributed by atoms with van der Waals surface area (Å²) in [4.78, 5) is 23.4. The van der Waals surface area contributed by atoms with Gasteiger partial charge in [0.05, 0.1) is 31.3 Å². The zero-order valence-electron chi connectivity index (χ0n) is 37.6. The van der Waals surface area contributed by atoms with Gasteiger partial charge in [-0.1, -0.05) is 152 Å². The molecule has 13 nitrogen and oxygen atoms in total. The molecule has 14 heteroatoms. The molecule has 1 aliphatic rings. The minimum absolute atomic E-state index is 0.263. The molecule has 1 amide bonds. The fraction of sp³-hybridized carbons (Fsp3) is 0.809. The van der Waals surface area contributed by atoms with E-state index in [1.54, 1.807) is 6.08 Å². The van der Waals surface area contributed by atoms with Gasteiger partial charge < -0.3 is 46.0 Å². The fourth-order valence-corrected chi connectivity index (χ4v) is 8.17. The van der Waals surface area contributed by atoms with E-state index < -0.39 is 75.2 Å². The SMILES string of the molecule is CCCCC/C=C/CC/C=C/CC/C=C/C(O)C(COP(=O)(O)OC1C(O)C(O)C(O)C(O)C1O)NC(=O)CC(O)CCCCCCC/C=C\CCCCCCCCCCC. The maximum absolute atomic E-state index is 13.0. The normalized spacial score (nSPS) is 23.6. The van der Waals surface area contributed by atoms with E-state index in [9.17, 15) is 50.0 Å². The Hall–Kier alpha value is -1.74. The molecule has 0 aromatic heterocycles. The van der Waals surface area contributed by atoms with Gasteiger partial charge in [-0.3, -0.25) is 13.8 Å². The van der Waals surface area contributed by atoms with Crippen molar-refractivity contribution in [1.82, 2.24) is 5.32 Å². The summed E-state index contributed by atoms with van der Waals surface area (Å²) < 4.78 is 22.8. The molecule has 356 valence electrons. The summed E-state index contributed by atoms with van der Waals surface area (Å²) in [6, 6.07) is -1.27. The summed E-state index contributed by atoms with van der Waals surface area (Å²) in [5.41, 5.74) is 0. The first-order chi connectivity index (χ1) is 29.3. The Morgan fingerprint density at radius 2 is 0.967 bits per heavy atom. The highest BCUT2D eigenvalue weighted by molar-refractivity contribution is 7.47. The summed E-state index contributed by atoms with van der Waals surface area (Å²) >= 11 is 0. The number of hydrogen-bond acceptors (Lipinski definition) is 11. The molecule has 0 radical (unpaired) electrons. The third-order valence-electron chi connectivity index (χ3n) is 11.1. The molecule has 0 heterocycles. The summed E-state index contributed by atoms with van der Waals surface area (Å²) in [6.45, 7) is 3.68. The van der Waals surface area contributed by atoms with Gasteiger partial charge in [0.15, 0.2) is 0 Å². The number of aliphatic hydroxyl groups excluding tert-OH is 7. The lowest BCUT2D eigenvalue weighted by atomic mass is 9.85. The zero-order chi connectivity index (χ0) is 45.1. The highest BCUT2D eigenvalue weighted by Crippen LogP contribution is 2.47. The molecule has 0 aromatic carbocycles. The highest BCUT2D eigenvalue weighted by Gasteiger charge is 2.51. The number of amides is 1. The lowest BCUT2D eigenvalue weighted by molar-refractivity contribution is -0.220. The van der Waals surface area contributed by atoms with Crippen molar-refractivity contribution in [2.45, 2.75) is 236 Å². The number of nitrogens with one attached hydrogen (secondary N) is 1. The summed E-state index contributed by atoms with van der Waals surface area (Å²) in [6.07, 6.45) is 29.2. The van der Waals surface area contributed by atoms with Crippen molar-refractivity contribution in [2.24, 2.45) is 0 Å². The first-order valence-corrected chi connectivity index (χ1v) is 25.2. The van der Waals surface area contributed by atoms with Crippen molar-refractivity contribution < 1.29 is 59.0 Å². The Bertz CT molecular complexity index is 1230. The number of carbonyl (C=O) groups is 1. The van der Waals surface area contributed by atoms with Gasteiger partial charge in [0, 0.05) is 0 Å². The van der Waals surface area contributed by atoms with Gasteiger partial charge in [0.1, 0.15) is 36.6 Å². The quantitative estimate of drug-likeness (QED) is 0.0164. The monoisotopic (exact) mass is 888 g/mol. The van der Waals surface area contributed by atoms with Crippen molar-refractivity contribution in [1.29, 1.82) is 0 Å². The number of allylic oxidation sites excluding steroid dienone is 7. The maximum atomic E-state index is 13.0. The van der Waals surface area contributed by atoms with Crippen LogP contribution in [0.1, 0.15) is 181 Å². The Balaban J connectivity index is 2.55. The zero-order valence-corrected chi connectivity index (χ0v) is 38.5. The standard InChI is InChI=1S/C47H86NO12P/c1-3-5-7-9-11-13-15-17-18-19-20-21-23-24-26-28-30-32-34-38(49)36-41(51)48-39(40(50)35-33-31-29-27-25-22-16-14-12-10-8-6-4-2)37-59-61(57,58)60-47-45(55)43(53)42(52)44(54)46(47)56/h12,14,20-21,25,27,33,35,38-40,42-47,49-50,52-56H,3-11,13,15-19,22-24,26,28-32,34,36-37H2,1-2H3,(H,48,51)(H,57,58)/b14-12+,21-20-,27-25+,35-33+. The molecule has 8 unspecified atom stereocenters. The molecule has 1 fully saturated rings. The second-order valence-corrected chi connectivity index (χ2v) is 18.2. The molecule has 0 spiro atoms. The number of rotatable bonds is 38. The minimum Gasteiger partial charge on any atom is -0.393 e. The van der Waals surface area contributed by atoms with Gasteiger partial charge in [-0.25, -0.2) is 4.57 Å². The molecular formula is C47H86NO12P. The van der Waals surface area contributed by atoms with Crippen LogP contribution in [0, 0.1) is 0 Å². The van der Waals surface area contributed by atoms with Gasteiger partial charge in [-0.05, 0) is 70.6 Å². The largest absolute Gasteiger partial charge is 0.472 e. The number of phosphoric acid groups is 1. The third kappa shape index (κ3) is 28.6. The van der Waals surface area contributed by atoms with Crippen LogP contribution in [0.3, 0.4) is 0 Å². The van der Waals surface area contributed by atoms with E-state index in [1.165, 1.54) is 83.1 Å². The average Bonchev–Trinajstić information content (AvgIpc) is 3.23. The van der Waals surface area contributed by atoms with Gasteiger partial charge >= 0.3 is 7.82 Å². The van der Waals surface area contributed by atoms with Gasteiger partial charge in [0.25, 0.3) is 0 Å². The highest BCUT2D eigenvalue weighted by atomic mass is 31.2. The molecule has 9 N–H and O–H groups in total. The molecular weight excluding hydrogens is 801 g/mol. The predicted molar refractivity (Wildman–Crippen MR) is 243 cm³/mol. The van der Waals surface area contributed by atoms with E-state index in [1.807, 2.05) is 6.08 Å². The van der Waals surface area contributed by atoms with E-state index in [0.717, 1.165) is 64.2 Å². The molecule has 61 heavy (non-hydrogen) atoms. The van der Waals surface area contributed by atoms with E-state index >= 15 is 0 Å². The van der Waals surface area contributed by atoms with Crippen LogP contribution >= 0.6 is 7.82 Å². The third-order valence-corrected chi connectivity index (χ3v) is 12.1. The molecule has 8 atom stereocenters. The van der Waals surface area contributed by atoms with Crippen molar-refractivity contribution in [3.8, 4) is 0 Å². The van der Waals surface area contributed by atoms with Crippen LogP contribution in [0.15, 0.2) is 48.6 Å². The Kier molecular flexibility index (Phi) is 34.3. The van der Waals surface area contributed by atoms with Crippen LogP contribution in [0.25, 0.3) is 0 Å². The first kappa shape index (κ1) is 57.3. The van der Waals surface area contributed by atoms with Crippen LogP contribution in [-0.4, -0.2) is 108 Å². The van der Waals surface area contributed by atoms with Crippen molar-refractivity contribution in [2.75, 3.05) is 6.61 Å². The lowest BCUT2D eigenvalue weighted by Crippen LogP contribution is -2.64. The minimum atomic E-state index is -5.15. The topological polar surface area (TPSA) is 226 Å². The average molecular weight is 888 g/mol. The van der Waals surface area contributed by atoms with E-state index in [-0.39, 0.29) is 6.42 Å². The van der Waals surface area contributed by atoms with Gasteiger partial charge in [0.2, 0.25) is 5.91 Å². The second kappa shape index (κ2) is 36.6.